The molecule has 0 rings (SSSR count). The molecule has 0 heterocycles. The molecule has 0 aromatic heterocycles. The second-order valence-corrected chi connectivity index (χ2v) is 6.68. The number of nitrogens with two attached hydrogens (primary N) is 1. The molecule has 0 radical (unpaired) electrons. The Hall–Kier alpha value is -0.130. The van der Waals surface area contributed by atoms with Gasteiger partial charge in [0, 0.05) is 5.54 Å². The fourth-order valence-corrected chi connectivity index (χ4v) is 2.21. The van der Waals surface area contributed by atoms with Gasteiger partial charge in [-0.2, -0.15) is 8.42 Å². The van der Waals surface area contributed by atoms with Gasteiger partial charge in [0.25, 0.3) is 10.1 Å². The van der Waals surface area contributed by atoms with Crippen LogP contribution in [0.25, 0.3) is 0 Å². The van der Waals surface area contributed by atoms with Crippen molar-refractivity contribution in [1.82, 2.24) is 0 Å². The fourth-order valence-electron chi connectivity index (χ4n) is 1.23. The Balaban J connectivity index is 4.78. The predicted molar refractivity (Wildman–Crippen MR) is 57.6 cm³/mol. The fraction of sp³-hybridized carbons (Fsp3) is 1.00. The van der Waals surface area contributed by atoms with Gasteiger partial charge in [-0.25, -0.2) is 0 Å². The maximum absolute atomic E-state index is 10.7. The van der Waals surface area contributed by atoms with Gasteiger partial charge in [-0.15, -0.1) is 0 Å². The van der Waals surface area contributed by atoms with Crippen molar-refractivity contribution in [2.75, 3.05) is 5.75 Å². The third kappa shape index (κ3) is 3.55. The second-order valence-electron chi connectivity index (χ2n) is 5.18. The minimum atomic E-state index is -3.95. The Morgan fingerprint density at radius 1 is 1.29 bits per heavy atom. The summed E-state index contributed by atoms with van der Waals surface area (Å²) >= 11 is 0. The zero-order valence-electron chi connectivity index (χ0n) is 9.53. The highest BCUT2D eigenvalue weighted by Gasteiger charge is 2.39. The van der Waals surface area contributed by atoms with Gasteiger partial charge in [0.05, 0.1) is 5.75 Å². The van der Waals surface area contributed by atoms with Crippen LogP contribution in [0.1, 0.15) is 34.6 Å². The molecule has 0 saturated heterocycles. The molecule has 86 valence electrons. The minimum absolute atomic E-state index is 0.211. The summed E-state index contributed by atoms with van der Waals surface area (Å²) in [6.07, 6.45) is 0. The molecule has 0 fully saturated rings. The van der Waals surface area contributed by atoms with Crippen LogP contribution >= 0.6 is 0 Å². The topological polar surface area (TPSA) is 80.4 Å². The second kappa shape index (κ2) is 3.79. The number of hydrogen-bond acceptors (Lipinski definition) is 3. The van der Waals surface area contributed by atoms with Crippen molar-refractivity contribution in [2.24, 2.45) is 17.1 Å². The van der Waals surface area contributed by atoms with Crippen molar-refractivity contribution in [3.05, 3.63) is 0 Å². The summed E-state index contributed by atoms with van der Waals surface area (Å²) < 4.78 is 30.2. The third-order valence-corrected chi connectivity index (χ3v) is 4.02. The quantitative estimate of drug-likeness (QED) is 0.706. The molecule has 2 unspecified atom stereocenters. The maximum atomic E-state index is 10.7. The first kappa shape index (κ1) is 13.9. The molecule has 0 aliphatic heterocycles. The Labute approximate surface area is 86.6 Å². The summed E-state index contributed by atoms with van der Waals surface area (Å²) in [6.45, 7) is 9.40. The lowest BCUT2D eigenvalue weighted by Crippen LogP contribution is -2.55. The van der Waals surface area contributed by atoms with E-state index in [-0.39, 0.29) is 17.1 Å². The Bertz CT molecular complexity index is 288. The van der Waals surface area contributed by atoms with Crippen molar-refractivity contribution in [2.45, 2.75) is 40.2 Å². The van der Waals surface area contributed by atoms with E-state index in [1.54, 1.807) is 6.92 Å². The van der Waals surface area contributed by atoms with Crippen molar-refractivity contribution < 1.29 is 13.0 Å². The van der Waals surface area contributed by atoms with Crippen LogP contribution in [0.3, 0.4) is 0 Å². The predicted octanol–water partition coefficient (Wildman–Crippen LogP) is 1.27. The zero-order chi connectivity index (χ0) is 11.8. The molecular formula is C9H21NO3S. The Morgan fingerprint density at radius 3 is 1.86 bits per heavy atom. The molecule has 0 aromatic rings. The lowest BCUT2D eigenvalue weighted by Gasteiger charge is -2.43. The van der Waals surface area contributed by atoms with Crippen LogP contribution in [0.4, 0.5) is 0 Å². The van der Waals surface area contributed by atoms with Gasteiger partial charge in [0.15, 0.2) is 0 Å². The first-order valence-electron chi connectivity index (χ1n) is 4.62. The van der Waals surface area contributed by atoms with Crippen LogP contribution < -0.4 is 5.73 Å². The van der Waals surface area contributed by atoms with Crippen molar-refractivity contribution in [1.29, 1.82) is 0 Å². The van der Waals surface area contributed by atoms with E-state index in [4.69, 9.17) is 10.3 Å². The van der Waals surface area contributed by atoms with E-state index in [0.29, 0.717) is 0 Å². The summed E-state index contributed by atoms with van der Waals surface area (Å²) in [5.41, 5.74) is 5.22. The SMILES string of the molecule is CC(CS(=O)(=O)O)C(C)(N)C(C)(C)C. The van der Waals surface area contributed by atoms with Crippen LogP contribution in [-0.4, -0.2) is 24.3 Å². The van der Waals surface area contributed by atoms with Crippen LogP contribution in [-0.2, 0) is 10.1 Å². The van der Waals surface area contributed by atoms with E-state index in [9.17, 15) is 8.42 Å². The number of hydrogen-bond donors (Lipinski definition) is 2. The highest BCUT2D eigenvalue weighted by atomic mass is 32.2. The van der Waals surface area contributed by atoms with Crippen LogP contribution in [0.5, 0.6) is 0 Å². The lowest BCUT2D eigenvalue weighted by molar-refractivity contribution is 0.150. The van der Waals surface area contributed by atoms with Gasteiger partial charge < -0.3 is 5.73 Å². The molecule has 0 aliphatic carbocycles. The van der Waals surface area contributed by atoms with Gasteiger partial charge in [0.2, 0.25) is 0 Å². The smallest absolute Gasteiger partial charge is 0.265 e. The first-order valence-corrected chi connectivity index (χ1v) is 6.23. The maximum Gasteiger partial charge on any atom is 0.265 e. The van der Waals surface area contributed by atoms with E-state index < -0.39 is 15.7 Å². The molecule has 14 heavy (non-hydrogen) atoms. The van der Waals surface area contributed by atoms with Crippen LogP contribution in [0, 0.1) is 11.3 Å². The van der Waals surface area contributed by atoms with E-state index >= 15 is 0 Å². The normalized spacial score (nSPS) is 20.2. The lowest BCUT2D eigenvalue weighted by atomic mass is 9.69. The highest BCUT2D eigenvalue weighted by molar-refractivity contribution is 7.85. The third-order valence-electron chi connectivity index (χ3n) is 3.10. The van der Waals surface area contributed by atoms with Gasteiger partial charge >= 0.3 is 0 Å². The summed E-state index contributed by atoms with van der Waals surface area (Å²) in [5, 5.41) is 0. The molecule has 5 heteroatoms. The van der Waals surface area contributed by atoms with E-state index in [1.807, 2.05) is 27.7 Å². The standard InChI is InChI=1S/C9H21NO3S/c1-7(6-14(11,12)13)9(5,10)8(2,3)4/h7H,6,10H2,1-5H3,(H,11,12,13). The average Bonchev–Trinajstić information content (AvgIpc) is 1.80. The van der Waals surface area contributed by atoms with E-state index in [2.05, 4.69) is 0 Å². The largest absolute Gasteiger partial charge is 0.325 e. The van der Waals surface area contributed by atoms with Gasteiger partial charge in [-0.05, 0) is 18.3 Å². The minimum Gasteiger partial charge on any atom is -0.325 e. The molecule has 4 nitrogen and oxygen atoms in total. The van der Waals surface area contributed by atoms with E-state index in [1.165, 1.54) is 0 Å². The number of rotatable bonds is 3. The summed E-state index contributed by atoms with van der Waals surface area (Å²) in [7, 11) is -3.95. The molecule has 0 bridgehead atoms. The summed E-state index contributed by atoms with van der Waals surface area (Å²) in [6, 6.07) is 0. The monoisotopic (exact) mass is 223 g/mol. The molecule has 0 aliphatic rings. The first-order chi connectivity index (χ1) is 5.88. The zero-order valence-corrected chi connectivity index (χ0v) is 10.4. The van der Waals surface area contributed by atoms with Crippen molar-refractivity contribution in [3.63, 3.8) is 0 Å². The van der Waals surface area contributed by atoms with Gasteiger partial charge in [-0.1, -0.05) is 27.7 Å². The molecule has 3 N–H and O–H groups in total. The molecule has 0 saturated carbocycles. The molecule has 0 aromatic carbocycles. The highest BCUT2D eigenvalue weighted by Crippen LogP contribution is 2.34. The molecule has 0 amide bonds. The molecule has 2 atom stereocenters. The summed E-state index contributed by atoms with van der Waals surface area (Å²) in [5.74, 6) is -0.588. The Kier molecular flexibility index (Phi) is 3.76. The van der Waals surface area contributed by atoms with Crippen molar-refractivity contribution in [3.8, 4) is 0 Å². The van der Waals surface area contributed by atoms with Crippen molar-refractivity contribution >= 4 is 10.1 Å². The van der Waals surface area contributed by atoms with E-state index in [0.717, 1.165) is 0 Å². The average molecular weight is 223 g/mol. The van der Waals surface area contributed by atoms with Gasteiger partial charge in [-0.3, -0.25) is 4.55 Å². The van der Waals surface area contributed by atoms with Gasteiger partial charge in [0.1, 0.15) is 0 Å². The Morgan fingerprint density at radius 2 is 1.64 bits per heavy atom. The van der Waals surface area contributed by atoms with Crippen LogP contribution in [0.2, 0.25) is 0 Å². The van der Waals surface area contributed by atoms with Crippen LogP contribution in [0.15, 0.2) is 0 Å². The summed E-state index contributed by atoms with van der Waals surface area (Å²) in [4.78, 5) is 0. The molecular weight excluding hydrogens is 202 g/mol. The molecule has 0 spiro atoms.